The number of nitrogens with one attached hydrogen (secondary N) is 1. The molecule has 0 saturated carbocycles. The van der Waals surface area contributed by atoms with Gasteiger partial charge in [-0.25, -0.2) is 4.39 Å². The zero-order valence-corrected chi connectivity index (χ0v) is 12.5. The lowest BCUT2D eigenvalue weighted by Gasteiger charge is -2.19. The van der Waals surface area contributed by atoms with Gasteiger partial charge in [0.2, 0.25) is 0 Å². The highest BCUT2D eigenvalue weighted by Crippen LogP contribution is 2.22. The third kappa shape index (κ3) is 3.81. The number of benzene rings is 2. The van der Waals surface area contributed by atoms with E-state index in [2.05, 4.69) is 43.4 Å². The van der Waals surface area contributed by atoms with Crippen molar-refractivity contribution in [2.24, 2.45) is 0 Å². The van der Waals surface area contributed by atoms with E-state index in [9.17, 15) is 4.39 Å². The highest BCUT2D eigenvalue weighted by molar-refractivity contribution is 6.30. The van der Waals surface area contributed by atoms with E-state index in [4.69, 9.17) is 11.6 Å². The molecule has 0 aliphatic carbocycles. The SMILES string of the molecule is CCNC(Cc1ccc(Cl)c(F)c1)c1ccc(C)cc1. The number of hydrogen-bond acceptors (Lipinski definition) is 1. The lowest BCUT2D eigenvalue weighted by Crippen LogP contribution is -2.23. The van der Waals surface area contributed by atoms with Crippen LogP contribution in [0.15, 0.2) is 42.5 Å². The van der Waals surface area contributed by atoms with E-state index in [0.717, 1.165) is 18.5 Å². The summed E-state index contributed by atoms with van der Waals surface area (Å²) >= 11 is 5.72. The Morgan fingerprint density at radius 1 is 1.15 bits per heavy atom. The molecule has 2 aromatic carbocycles. The molecule has 2 aromatic rings. The van der Waals surface area contributed by atoms with Gasteiger partial charge in [-0.1, -0.05) is 54.4 Å². The van der Waals surface area contributed by atoms with Gasteiger partial charge in [-0.3, -0.25) is 0 Å². The van der Waals surface area contributed by atoms with E-state index >= 15 is 0 Å². The molecule has 0 aliphatic heterocycles. The number of likely N-dealkylation sites (N-methyl/N-ethyl adjacent to an activating group) is 1. The van der Waals surface area contributed by atoms with Crippen LogP contribution in [0.5, 0.6) is 0 Å². The fourth-order valence-electron chi connectivity index (χ4n) is 2.26. The van der Waals surface area contributed by atoms with Crippen LogP contribution >= 0.6 is 11.6 Å². The monoisotopic (exact) mass is 291 g/mol. The molecule has 0 amide bonds. The van der Waals surface area contributed by atoms with Crippen molar-refractivity contribution in [1.29, 1.82) is 0 Å². The van der Waals surface area contributed by atoms with Crippen LogP contribution in [-0.2, 0) is 6.42 Å². The minimum atomic E-state index is -0.358. The molecule has 1 unspecified atom stereocenters. The molecule has 0 heterocycles. The molecule has 0 aromatic heterocycles. The molecule has 0 saturated heterocycles. The molecule has 0 radical (unpaired) electrons. The van der Waals surface area contributed by atoms with Crippen molar-refractivity contribution in [2.75, 3.05) is 6.54 Å². The Hall–Kier alpha value is -1.38. The van der Waals surface area contributed by atoms with Crippen molar-refractivity contribution < 1.29 is 4.39 Å². The molecule has 106 valence electrons. The maximum atomic E-state index is 13.5. The van der Waals surface area contributed by atoms with Crippen LogP contribution < -0.4 is 5.32 Å². The Bertz CT molecular complexity index is 566. The van der Waals surface area contributed by atoms with E-state index < -0.39 is 0 Å². The summed E-state index contributed by atoms with van der Waals surface area (Å²) in [7, 11) is 0. The second-order valence-corrected chi connectivity index (χ2v) is 5.38. The minimum absolute atomic E-state index is 0.170. The van der Waals surface area contributed by atoms with Gasteiger partial charge in [0, 0.05) is 6.04 Å². The van der Waals surface area contributed by atoms with Gasteiger partial charge in [0.1, 0.15) is 5.82 Å². The highest BCUT2D eigenvalue weighted by atomic mass is 35.5. The molecule has 1 nitrogen and oxygen atoms in total. The molecule has 0 bridgehead atoms. The number of hydrogen-bond donors (Lipinski definition) is 1. The van der Waals surface area contributed by atoms with Crippen LogP contribution in [0, 0.1) is 12.7 Å². The molecular formula is C17H19ClFN. The Morgan fingerprint density at radius 3 is 2.45 bits per heavy atom. The van der Waals surface area contributed by atoms with Gasteiger partial charge >= 0.3 is 0 Å². The molecule has 1 N–H and O–H groups in total. The first kappa shape index (κ1) is 15.0. The van der Waals surface area contributed by atoms with E-state index in [0.29, 0.717) is 0 Å². The summed E-state index contributed by atoms with van der Waals surface area (Å²) < 4.78 is 13.5. The van der Waals surface area contributed by atoms with Gasteiger partial charge in [-0.05, 0) is 43.1 Å². The van der Waals surface area contributed by atoms with Crippen molar-refractivity contribution in [3.63, 3.8) is 0 Å². The predicted molar refractivity (Wildman–Crippen MR) is 82.7 cm³/mol. The standard InChI is InChI=1S/C17H19ClFN/c1-3-20-17(14-7-4-12(2)5-8-14)11-13-6-9-15(18)16(19)10-13/h4-10,17,20H,3,11H2,1-2H3. The second-order valence-electron chi connectivity index (χ2n) is 4.97. The largest absolute Gasteiger partial charge is 0.310 e. The summed E-state index contributed by atoms with van der Waals surface area (Å²) in [4.78, 5) is 0. The van der Waals surface area contributed by atoms with E-state index in [-0.39, 0.29) is 16.9 Å². The summed E-state index contributed by atoms with van der Waals surface area (Å²) in [6.07, 6.45) is 0.741. The topological polar surface area (TPSA) is 12.0 Å². The quantitative estimate of drug-likeness (QED) is 0.843. The van der Waals surface area contributed by atoms with Crippen LogP contribution in [0.4, 0.5) is 4.39 Å². The molecule has 0 fully saturated rings. The number of halogens is 2. The van der Waals surface area contributed by atoms with Crippen LogP contribution in [0.2, 0.25) is 5.02 Å². The molecule has 2 rings (SSSR count). The van der Waals surface area contributed by atoms with Gasteiger partial charge in [0.25, 0.3) is 0 Å². The Labute approximate surface area is 124 Å². The lowest BCUT2D eigenvalue weighted by atomic mass is 9.98. The van der Waals surface area contributed by atoms with Gasteiger partial charge in [0.05, 0.1) is 5.02 Å². The van der Waals surface area contributed by atoms with Crippen molar-refractivity contribution in [2.45, 2.75) is 26.3 Å². The van der Waals surface area contributed by atoms with Gasteiger partial charge < -0.3 is 5.32 Å². The third-order valence-corrected chi connectivity index (χ3v) is 3.66. The smallest absolute Gasteiger partial charge is 0.142 e. The normalized spacial score (nSPS) is 12.4. The first-order valence-electron chi connectivity index (χ1n) is 6.84. The van der Waals surface area contributed by atoms with Crippen LogP contribution in [0.1, 0.15) is 29.7 Å². The predicted octanol–water partition coefficient (Wildman–Crippen LogP) is 4.68. The average molecular weight is 292 g/mol. The highest BCUT2D eigenvalue weighted by Gasteiger charge is 2.12. The van der Waals surface area contributed by atoms with Crippen molar-refractivity contribution in [3.8, 4) is 0 Å². The molecular weight excluding hydrogens is 273 g/mol. The summed E-state index contributed by atoms with van der Waals surface area (Å²) in [6.45, 7) is 5.01. The molecule has 0 spiro atoms. The number of rotatable bonds is 5. The average Bonchev–Trinajstić information content (AvgIpc) is 2.43. The van der Waals surface area contributed by atoms with E-state index in [1.54, 1.807) is 6.07 Å². The summed E-state index contributed by atoms with van der Waals surface area (Å²) in [5, 5.41) is 3.62. The minimum Gasteiger partial charge on any atom is -0.310 e. The molecule has 3 heteroatoms. The Kier molecular flexibility index (Phi) is 5.16. The van der Waals surface area contributed by atoms with Gasteiger partial charge in [0.15, 0.2) is 0 Å². The fourth-order valence-corrected chi connectivity index (χ4v) is 2.37. The summed E-state index contributed by atoms with van der Waals surface area (Å²) in [6, 6.07) is 13.6. The van der Waals surface area contributed by atoms with Gasteiger partial charge in [-0.2, -0.15) is 0 Å². The van der Waals surface area contributed by atoms with Gasteiger partial charge in [-0.15, -0.1) is 0 Å². The fraction of sp³-hybridized carbons (Fsp3) is 0.294. The first-order valence-corrected chi connectivity index (χ1v) is 7.22. The second kappa shape index (κ2) is 6.87. The third-order valence-electron chi connectivity index (χ3n) is 3.35. The zero-order valence-electron chi connectivity index (χ0n) is 11.8. The van der Waals surface area contributed by atoms with Crippen molar-refractivity contribution in [3.05, 3.63) is 70.0 Å². The van der Waals surface area contributed by atoms with Crippen molar-refractivity contribution in [1.82, 2.24) is 5.32 Å². The first-order chi connectivity index (χ1) is 9.60. The number of aryl methyl sites for hydroxylation is 1. The maximum absolute atomic E-state index is 13.5. The summed E-state index contributed by atoms with van der Waals surface area (Å²) in [5.41, 5.74) is 3.40. The lowest BCUT2D eigenvalue weighted by molar-refractivity contribution is 0.546. The van der Waals surface area contributed by atoms with Crippen molar-refractivity contribution >= 4 is 11.6 Å². The Balaban J connectivity index is 2.20. The summed E-state index contributed by atoms with van der Waals surface area (Å²) in [5.74, 6) is -0.358. The molecule has 1 atom stereocenters. The zero-order chi connectivity index (χ0) is 14.5. The van der Waals surface area contributed by atoms with Crippen LogP contribution in [-0.4, -0.2) is 6.54 Å². The van der Waals surface area contributed by atoms with E-state index in [1.165, 1.54) is 17.2 Å². The van der Waals surface area contributed by atoms with Crippen LogP contribution in [0.25, 0.3) is 0 Å². The molecule has 20 heavy (non-hydrogen) atoms. The van der Waals surface area contributed by atoms with Crippen LogP contribution in [0.3, 0.4) is 0 Å². The molecule has 0 aliphatic rings. The maximum Gasteiger partial charge on any atom is 0.142 e. The Morgan fingerprint density at radius 2 is 1.85 bits per heavy atom. The van der Waals surface area contributed by atoms with E-state index in [1.807, 2.05) is 6.07 Å².